The quantitative estimate of drug-likeness (QED) is 0.177. The molecule has 0 saturated carbocycles. The third-order valence-electron chi connectivity index (χ3n) is 9.75. The van der Waals surface area contributed by atoms with Gasteiger partial charge in [0.05, 0.1) is 6.85 Å². The SMILES string of the molecule is [2H]c1c([2H])c([2H])c(-c2cccc3c2oc2cccc(-c4c5ccccc5c(-c5ccccc5)c5cc(-c6cccc7ccccc67)ccc45)c23)c([2H])c1[2H]. The summed E-state index contributed by atoms with van der Waals surface area (Å²) in [5.74, 6) is 0. The third-order valence-corrected chi connectivity index (χ3v) is 9.75. The highest BCUT2D eigenvalue weighted by Crippen LogP contribution is 2.48. The van der Waals surface area contributed by atoms with Gasteiger partial charge in [0.25, 0.3) is 0 Å². The molecular weight excluding hydrogens is 593 g/mol. The molecule has 1 heteroatoms. The Morgan fingerprint density at radius 1 is 0.388 bits per heavy atom. The van der Waals surface area contributed by atoms with E-state index in [0.717, 1.165) is 54.6 Å². The van der Waals surface area contributed by atoms with Crippen molar-refractivity contribution >= 4 is 54.3 Å². The van der Waals surface area contributed by atoms with Gasteiger partial charge in [-0.1, -0.05) is 170 Å². The lowest BCUT2D eigenvalue weighted by molar-refractivity contribution is 0.670. The maximum Gasteiger partial charge on any atom is 0.143 e. The highest BCUT2D eigenvalue weighted by molar-refractivity contribution is 6.26. The summed E-state index contributed by atoms with van der Waals surface area (Å²) in [6, 6.07) is 50.9. The van der Waals surface area contributed by atoms with Crippen molar-refractivity contribution in [3.05, 3.63) is 182 Å². The second kappa shape index (κ2) is 11.1. The van der Waals surface area contributed by atoms with E-state index < -0.39 is 6.04 Å². The number of rotatable bonds is 4. The normalized spacial score (nSPS) is 13.1. The van der Waals surface area contributed by atoms with Gasteiger partial charge in [0, 0.05) is 16.3 Å². The summed E-state index contributed by atoms with van der Waals surface area (Å²) in [7, 11) is 0. The molecular formula is C48H30O. The standard InChI is InChI=1S/C48H30O/c1-3-14-32(15-4-1)37-24-12-26-42-47-41(25-13-27-44(47)49-48(37)42)46-39-22-10-9-21-38(39)45(33-17-5-2-6-18-33)43-30-34(28-29-40(43)46)36-23-11-19-31-16-7-8-20-35(31)36/h1-30H/i1D,3D,4D,14D,15D. The molecule has 0 saturated heterocycles. The Hall–Kier alpha value is -6.44. The predicted molar refractivity (Wildman–Crippen MR) is 208 cm³/mol. The Bertz CT molecular complexity index is 3130. The molecule has 1 nitrogen and oxygen atoms in total. The van der Waals surface area contributed by atoms with Crippen LogP contribution in [0.3, 0.4) is 0 Å². The van der Waals surface area contributed by atoms with E-state index in [1.165, 1.54) is 21.9 Å². The zero-order valence-electron chi connectivity index (χ0n) is 31.3. The van der Waals surface area contributed by atoms with Gasteiger partial charge in [0.15, 0.2) is 0 Å². The molecule has 0 aliphatic rings. The lowest BCUT2D eigenvalue weighted by atomic mass is 9.83. The highest BCUT2D eigenvalue weighted by atomic mass is 16.3. The van der Waals surface area contributed by atoms with Crippen molar-refractivity contribution in [2.24, 2.45) is 0 Å². The minimum Gasteiger partial charge on any atom is -0.455 e. The van der Waals surface area contributed by atoms with Crippen LogP contribution in [0.15, 0.2) is 186 Å². The minimum absolute atomic E-state index is 0.122. The van der Waals surface area contributed by atoms with Crippen molar-refractivity contribution in [2.75, 3.05) is 0 Å². The number of hydrogen-bond donors (Lipinski definition) is 0. The van der Waals surface area contributed by atoms with Crippen LogP contribution >= 0.6 is 0 Å². The fourth-order valence-corrected chi connectivity index (χ4v) is 7.67. The van der Waals surface area contributed by atoms with Crippen LogP contribution in [0.5, 0.6) is 0 Å². The molecule has 228 valence electrons. The van der Waals surface area contributed by atoms with Gasteiger partial charge in [-0.3, -0.25) is 0 Å². The molecule has 9 aromatic carbocycles. The summed E-state index contributed by atoms with van der Waals surface area (Å²) in [5.41, 5.74) is 8.38. The van der Waals surface area contributed by atoms with E-state index in [4.69, 9.17) is 11.3 Å². The Kier molecular flexibility index (Phi) is 5.20. The van der Waals surface area contributed by atoms with E-state index in [-0.39, 0.29) is 29.7 Å². The van der Waals surface area contributed by atoms with Crippen molar-refractivity contribution in [2.45, 2.75) is 0 Å². The fourth-order valence-electron chi connectivity index (χ4n) is 7.67. The minimum atomic E-state index is -0.422. The summed E-state index contributed by atoms with van der Waals surface area (Å²) in [6.07, 6.45) is 0. The van der Waals surface area contributed by atoms with Gasteiger partial charge in [0.2, 0.25) is 0 Å². The van der Waals surface area contributed by atoms with E-state index in [0.29, 0.717) is 16.7 Å². The molecule has 0 spiro atoms. The van der Waals surface area contributed by atoms with Crippen LogP contribution in [0.2, 0.25) is 0 Å². The topological polar surface area (TPSA) is 13.1 Å². The fraction of sp³-hybridized carbons (Fsp3) is 0. The van der Waals surface area contributed by atoms with Gasteiger partial charge in [-0.2, -0.15) is 0 Å². The second-order valence-corrected chi connectivity index (χ2v) is 12.4. The zero-order chi connectivity index (χ0) is 36.7. The van der Waals surface area contributed by atoms with Crippen molar-refractivity contribution in [1.29, 1.82) is 0 Å². The number of para-hydroxylation sites is 1. The van der Waals surface area contributed by atoms with Gasteiger partial charge in [-0.25, -0.2) is 0 Å². The van der Waals surface area contributed by atoms with Crippen LogP contribution < -0.4 is 0 Å². The van der Waals surface area contributed by atoms with Gasteiger partial charge >= 0.3 is 0 Å². The molecule has 1 heterocycles. The van der Waals surface area contributed by atoms with Gasteiger partial charge in [-0.15, -0.1) is 0 Å². The molecule has 0 atom stereocenters. The zero-order valence-corrected chi connectivity index (χ0v) is 26.3. The summed E-state index contributed by atoms with van der Waals surface area (Å²) in [4.78, 5) is 0. The van der Waals surface area contributed by atoms with Crippen LogP contribution in [-0.4, -0.2) is 0 Å². The molecule has 0 aliphatic heterocycles. The first-order valence-corrected chi connectivity index (χ1v) is 16.4. The molecule has 1 aromatic heterocycles. The summed E-state index contributed by atoms with van der Waals surface area (Å²) in [5, 5.41) is 8.56. The number of fused-ring (bicyclic) bond motifs is 6. The number of furan rings is 1. The summed E-state index contributed by atoms with van der Waals surface area (Å²) in [6.45, 7) is 0. The van der Waals surface area contributed by atoms with Crippen LogP contribution in [0.25, 0.3) is 98.8 Å². The van der Waals surface area contributed by atoms with Crippen molar-refractivity contribution in [1.82, 2.24) is 0 Å². The molecule has 0 N–H and O–H groups in total. The van der Waals surface area contributed by atoms with Gasteiger partial charge in [0.1, 0.15) is 11.2 Å². The average Bonchev–Trinajstić information content (AvgIpc) is 3.61. The molecule has 0 fully saturated rings. The molecule has 0 bridgehead atoms. The van der Waals surface area contributed by atoms with Crippen molar-refractivity contribution in [3.8, 4) is 44.5 Å². The number of hydrogen-bond acceptors (Lipinski definition) is 1. The Balaban J connectivity index is 1.32. The highest BCUT2D eigenvalue weighted by Gasteiger charge is 2.22. The Morgan fingerprint density at radius 3 is 1.88 bits per heavy atom. The van der Waals surface area contributed by atoms with E-state index in [1.54, 1.807) is 6.07 Å². The molecule has 10 aromatic rings. The first-order valence-electron chi connectivity index (χ1n) is 18.9. The smallest absolute Gasteiger partial charge is 0.143 e. The summed E-state index contributed by atoms with van der Waals surface area (Å²) < 4.78 is 49.0. The first-order chi connectivity index (χ1) is 26.4. The molecule has 49 heavy (non-hydrogen) atoms. The monoisotopic (exact) mass is 627 g/mol. The van der Waals surface area contributed by atoms with Crippen LogP contribution in [-0.2, 0) is 0 Å². The Morgan fingerprint density at radius 2 is 1.02 bits per heavy atom. The molecule has 0 amide bonds. The van der Waals surface area contributed by atoms with E-state index >= 15 is 0 Å². The maximum atomic E-state index is 8.74. The average molecular weight is 628 g/mol. The van der Waals surface area contributed by atoms with E-state index in [9.17, 15) is 0 Å². The third kappa shape index (κ3) is 4.33. The lowest BCUT2D eigenvalue weighted by Crippen LogP contribution is -1.92. The number of benzene rings is 9. The predicted octanol–water partition coefficient (Wildman–Crippen LogP) is 13.7. The van der Waals surface area contributed by atoms with Gasteiger partial charge < -0.3 is 4.42 Å². The molecule has 0 aliphatic carbocycles. The summed E-state index contributed by atoms with van der Waals surface area (Å²) >= 11 is 0. The van der Waals surface area contributed by atoms with Crippen LogP contribution in [0.1, 0.15) is 6.85 Å². The van der Waals surface area contributed by atoms with E-state index in [2.05, 4.69) is 115 Å². The van der Waals surface area contributed by atoms with E-state index in [1.807, 2.05) is 30.3 Å². The van der Waals surface area contributed by atoms with Crippen molar-refractivity contribution in [3.63, 3.8) is 0 Å². The largest absolute Gasteiger partial charge is 0.455 e. The van der Waals surface area contributed by atoms with Crippen LogP contribution in [0.4, 0.5) is 0 Å². The van der Waals surface area contributed by atoms with Crippen LogP contribution in [0, 0.1) is 0 Å². The molecule has 0 radical (unpaired) electrons. The first kappa shape index (κ1) is 23.0. The molecule has 10 rings (SSSR count). The maximum absolute atomic E-state index is 8.74. The molecule has 0 unspecified atom stereocenters. The van der Waals surface area contributed by atoms with Gasteiger partial charge in [-0.05, 0) is 83.4 Å². The Labute approximate surface area is 291 Å². The van der Waals surface area contributed by atoms with Crippen molar-refractivity contribution < 1.29 is 11.3 Å². The lowest BCUT2D eigenvalue weighted by Gasteiger charge is -2.19. The second-order valence-electron chi connectivity index (χ2n) is 12.4.